The van der Waals surface area contributed by atoms with Gasteiger partial charge in [-0.05, 0) is 18.6 Å². The Labute approximate surface area is 116 Å². The van der Waals surface area contributed by atoms with Crippen LogP contribution in [0, 0.1) is 0 Å². The van der Waals surface area contributed by atoms with Crippen LogP contribution in [0.5, 0.6) is 0 Å². The number of aromatic nitrogens is 2. The van der Waals surface area contributed by atoms with Gasteiger partial charge in [0.2, 0.25) is 0 Å². The fourth-order valence-corrected chi connectivity index (χ4v) is 2.11. The summed E-state index contributed by atoms with van der Waals surface area (Å²) < 4.78 is 6.85. The van der Waals surface area contributed by atoms with E-state index in [1.807, 2.05) is 0 Å². The summed E-state index contributed by atoms with van der Waals surface area (Å²) in [5, 5.41) is 9.20. The maximum Gasteiger partial charge on any atom is 0.337 e. The fourth-order valence-electron chi connectivity index (χ4n) is 2.11. The number of nitrogens with one attached hydrogen (secondary N) is 1. The molecule has 1 aromatic carbocycles. The van der Waals surface area contributed by atoms with Crippen molar-refractivity contribution in [1.82, 2.24) is 9.55 Å². The van der Waals surface area contributed by atoms with E-state index in [0.29, 0.717) is 30.8 Å². The monoisotopic (exact) mass is 278 g/mol. The molecule has 0 atom stereocenters. The summed E-state index contributed by atoms with van der Waals surface area (Å²) >= 11 is 0. The number of aromatic carboxylic acids is 1. The van der Waals surface area contributed by atoms with Crippen molar-refractivity contribution < 1.29 is 14.6 Å². The van der Waals surface area contributed by atoms with Crippen LogP contribution in [0.4, 0.5) is 0 Å². The summed E-state index contributed by atoms with van der Waals surface area (Å²) in [5.41, 5.74) is 0.759. The van der Waals surface area contributed by atoms with Crippen LogP contribution < -0.4 is 5.69 Å². The van der Waals surface area contributed by atoms with E-state index in [1.54, 1.807) is 12.1 Å². The lowest BCUT2D eigenvalue weighted by Gasteiger charge is -2.06. The molecule has 0 bridgehead atoms. The SMILES string of the molecule is CCCCOCCn1c(=O)[nH]c2cccc(C(=O)O)c21. The molecule has 0 amide bonds. The first-order valence-electron chi connectivity index (χ1n) is 6.67. The molecule has 0 saturated carbocycles. The molecule has 2 aromatic rings. The van der Waals surface area contributed by atoms with Gasteiger partial charge in [-0.2, -0.15) is 0 Å². The Hall–Kier alpha value is -2.08. The number of para-hydroxylation sites is 1. The van der Waals surface area contributed by atoms with Gasteiger partial charge in [0.25, 0.3) is 0 Å². The molecule has 6 nitrogen and oxygen atoms in total. The third kappa shape index (κ3) is 2.91. The van der Waals surface area contributed by atoms with E-state index in [2.05, 4.69) is 11.9 Å². The van der Waals surface area contributed by atoms with Gasteiger partial charge < -0.3 is 14.8 Å². The van der Waals surface area contributed by atoms with Crippen LogP contribution in [0.15, 0.2) is 23.0 Å². The molecule has 20 heavy (non-hydrogen) atoms. The zero-order chi connectivity index (χ0) is 14.5. The minimum atomic E-state index is -1.05. The predicted molar refractivity (Wildman–Crippen MR) is 75.2 cm³/mol. The van der Waals surface area contributed by atoms with Crippen LogP contribution in [-0.4, -0.2) is 33.8 Å². The molecule has 2 rings (SSSR count). The first-order valence-corrected chi connectivity index (χ1v) is 6.67. The van der Waals surface area contributed by atoms with Crippen molar-refractivity contribution in [1.29, 1.82) is 0 Å². The van der Waals surface area contributed by atoms with Gasteiger partial charge in [0.1, 0.15) is 0 Å². The molecular formula is C14H18N2O4. The van der Waals surface area contributed by atoms with Crippen molar-refractivity contribution in [3.8, 4) is 0 Å². The van der Waals surface area contributed by atoms with Crippen LogP contribution in [0.25, 0.3) is 11.0 Å². The predicted octanol–water partition coefficient (Wildman–Crippen LogP) is 1.84. The number of H-pyrrole nitrogens is 1. The standard InChI is InChI=1S/C14H18N2O4/c1-2-3-8-20-9-7-16-12-10(13(17)18)5-4-6-11(12)15-14(16)19/h4-6H,2-3,7-9H2,1H3,(H,15,19)(H,17,18). The van der Waals surface area contributed by atoms with Gasteiger partial charge in [0.15, 0.2) is 0 Å². The van der Waals surface area contributed by atoms with Gasteiger partial charge in [-0.3, -0.25) is 4.57 Å². The number of carboxylic acid groups (broad SMARTS) is 1. The highest BCUT2D eigenvalue weighted by Crippen LogP contribution is 2.16. The molecule has 6 heteroatoms. The molecule has 0 aliphatic heterocycles. The molecule has 0 aliphatic rings. The second-order valence-electron chi connectivity index (χ2n) is 4.55. The second kappa shape index (κ2) is 6.38. The smallest absolute Gasteiger partial charge is 0.337 e. The maximum absolute atomic E-state index is 11.9. The maximum atomic E-state index is 11.9. The molecule has 1 aromatic heterocycles. The number of ether oxygens (including phenoxy) is 1. The van der Waals surface area contributed by atoms with E-state index < -0.39 is 5.97 Å². The van der Waals surface area contributed by atoms with E-state index in [9.17, 15) is 14.7 Å². The number of aromatic amines is 1. The Kier molecular flexibility index (Phi) is 4.57. The number of carboxylic acids is 1. The van der Waals surface area contributed by atoms with Crippen LogP contribution in [-0.2, 0) is 11.3 Å². The highest BCUT2D eigenvalue weighted by molar-refractivity contribution is 6.01. The summed E-state index contributed by atoms with van der Waals surface area (Å²) in [6, 6.07) is 4.80. The highest BCUT2D eigenvalue weighted by Gasteiger charge is 2.15. The van der Waals surface area contributed by atoms with Crippen LogP contribution in [0.1, 0.15) is 30.1 Å². The average molecular weight is 278 g/mol. The number of unbranched alkanes of at least 4 members (excludes halogenated alkanes) is 1. The fraction of sp³-hybridized carbons (Fsp3) is 0.429. The van der Waals surface area contributed by atoms with Gasteiger partial charge in [0, 0.05) is 6.61 Å². The zero-order valence-corrected chi connectivity index (χ0v) is 11.4. The number of nitrogens with zero attached hydrogens (tertiary/aromatic N) is 1. The van der Waals surface area contributed by atoms with Crippen LogP contribution >= 0.6 is 0 Å². The Morgan fingerprint density at radius 1 is 1.40 bits per heavy atom. The quantitative estimate of drug-likeness (QED) is 0.757. The Bertz CT molecular complexity index is 657. The van der Waals surface area contributed by atoms with Crippen LogP contribution in [0.3, 0.4) is 0 Å². The third-order valence-corrected chi connectivity index (χ3v) is 3.12. The zero-order valence-electron chi connectivity index (χ0n) is 11.4. The molecule has 0 radical (unpaired) electrons. The lowest BCUT2D eigenvalue weighted by molar-refractivity contribution is 0.0698. The molecule has 0 unspecified atom stereocenters. The van der Waals surface area contributed by atoms with Gasteiger partial charge >= 0.3 is 11.7 Å². The normalized spacial score (nSPS) is 11.1. The van der Waals surface area contributed by atoms with E-state index in [-0.39, 0.29) is 11.3 Å². The first kappa shape index (κ1) is 14.3. The van der Waals surface area contributed by atoms with Crippen molar-refractivity contribution >= 4 is 17.0 Å². The molecule has 2 N–H and O–H groups in total. The molecule has 0 saturated heterocycles. The topological polar surface area (TPSA) is 84.3 Å². The molecular weight excluding hydrogens is 260 g/mol. The number of hydrogen-bond acceptors (Lipinski definition) is 3. The number of rotatable bonds is 7. The number of benzene rings is 1. The Morgan fingerprint density at radius 3 is 2.90 bits per heavy atom. The van der Waals surface area contributed by atoms with Gasteiger partial charge in [0.05, 0.1) is 29.7 Å². The third-order valence-electron chi connectivity index (χ3n) is 3.12. The van der Waals surface area contributed by atoms with E-state index >= 15 is 0 Å². The van der Waals surface area contributed by atoms with Crippen molar-refractivity contribution in [2.45, 2.75) is 26.3 Å². The Balaban J connectivity index is 2.26. The molecule has 0 spiro atoms. The average Bonchev–Trinajstić information content (AvgIpc) is 2.74. The number of fused-ring (bicyclic) bond motifs is 1. The van der Waals surface area contributed by atoms with Crippen molar-refractivity contribution in [3.63, 3.8) is 0 Å². The lowest BCUT2D eigenvalue weighted by Crippen LogP contribution is -2.20. The minimum absolute atomic E-state index is 0.120. The lowest BCUT2D eigenvalue weighted by atomic mass is 10.2. The molecule has 108 valence electrons. The highest BCUT2D eigenvalue weighted by atomic mass is 16.5. The summed E-state index contributed by atoms with van der Waals surface area (Å²) in [6.07, 6.45) is 2.03. The minimum Gasteiger partial charge on any atom is -0.478 e. The van der Waals surface area contributed by atoms with Crippen LogP contribution in [0.2, 0.25) is 0 Å². The summed E-state index contributed by atoms with van der Waals surface area (Å²) in [5.74, 6) is -1.05. The molecule has 0 fully saturated rings. The molecule has 1 heterocycles. The number of imidazole rings is 1. The van der Waals surface area contributed by atoms with E-state index in [4.69, 9.17) is 4.74 Å². The van der Waals surface area contributed by atoms with E-state index in [1.165, 1.54) is 10.6 Å². The van der Waals surface area contributed by atoms with E-state index in [0.717, 1.165) is 12.8 Å². The first-order chi connectivity index (χ1) is 9.65. The summed E-state index contributed by atoms with van der Waals surface area (Å²) in [4.78, 5) is 25.8. The van der Waals surface area contributed by atoms with Gasteiger partial charge in [-0.1, -0.05) is 19.4 Å². The van der Waals surface area contributed by atoms with Gasteiger partial charge in [-0.15, -0.1) is 0 Å². The summed E-state index contributed by atoms with van der Waals surface area (Å²) in [7, 11) is 0. The van der Waals surface area contributed by atoms with Crippen molar-refractivity contribution in [2.24, 2.45) is 0 Å². The van der Waals surface area contributed by atoms with Crippen molar-refractivity contribution in [2.75, 3.05) is 13.2 Å². The van der Waals surface area contributed by atoms with Crippen molar-refractivity contribution in [3.05, 3.63) is 34.2 Å². The number of hydrogen-bond donors (Lipinski definition) is 2. The summed E-state index contributed by atoms with van der Waals surface area (Å²) in [6.45, 7) is 3.46. The molecule has 0 aliphatic carbocycles. The Morgan fingerprint density at radius 2 is 2.20 bits per heavy atom. The largest absolute Gasteiger partial charge is 0.478 e. The number of carbonyl (C=O) groups is 1. The van der Waals surface area contributed by atoms with Gasteiger partial charge in [-0.25, -0.2) is 9.59 Å². The second-order valence-corrected chi connectivity index (χ2v) is 4.55.